The molecule has 0 aromatic heterocycles. The molecule has 0 saturated carbocycles. The predicted molar refractivity (Wildman–Crippen MR) is 102 cm³/mol. The smallest absolute Gasteiger partial charge is 0.243 e. The number of rotatable bonds is 3. The van der Waals surface area contributed by atoms with Gasteiger partial charge >= 0.3 is 0 Å². The summed E-state index contributed by atoms with van der Waals surface area (Å²) >= 11 is 0. The number of aryl methyl sites for hydroxylation is 1. The van der Waals surface area contributed by atoms with E-state index >= 15 is 0 Å². The number of fused-ring (bicyclic) bond motifs is 1. The molecule has 4 rings (SSSR count). The van der Waals surface area contributed by atoms with Crippen molar-refractivity contribution in [3.63, 3.8) is 0 Å². The Morgan fingerprint density at radius 2 is 1.85 bits per heavy atom. The first-order valence-electron chi connectivity index (χ1n) is 9.06. The average Bonchev–Trinajstić information content (AvgIpc) is 2.90. The first-order chi connectivity index (χ1) is 12.6. The summed E-state index contributed by atoms with van der Waals surface area (Å²) in [5.74, 6) is 0. The largest absolute Gasteiger partial charge is 0.380 e. The van der Waals surface area contributed by atoms with Crippen molar-refractivity contribution in [2.24, 2.45) is 0 Å². The molecule has 1 fully saturated rings. The van der Waals surface area contributed by atoms with E-state index in [4.69, 9.17) is 4.74 Å². The fourth-order valence-corrected chi connectivity index (χ4v) is 5.24. The Morgan fingerprint density at radius 3 is 2.69 bits per heavy atom. The third-order valence-electron chi connectivity index (χ3n) is 5.12. The molecule has 2 aromatic rings. The van der Waals surface area contributed by atoms with Gasteiger partial charge in [0.1, 0.15) is 0 Å². The van der Waals surface area contributed by atoms with Crippen LogP contribution in [0.15, 0.2) is 47.4 Å². The van der Waals surface area contributed by atoms with E-state index in [0.717, 1.165) is 55.1 Å². The zero-order valence-corrected chi connectivity index (χ0v) is 15.8. The van der Waals surface area contributed by atoms with Crippen LogP contribution >= 0.6 is 0 Å². The van der Waals surface area contributed by atoms with Crippen LogP contribution in [0.2, 0.25) is 0 Å². The molecule has 0 spiro atoms. The van der Waals surface area contributed by atoms with Crippen LogP contribution in [-0.4, -0.2) is 39.0 Å². The van der Waals surface area contributed by atoms with Crippen molar-refractivity contribution in [2.45, 2.75) is 31.3 Å². The molecule has 0 bridgehead atoms. The van der Waals surface area contributed by atoms with Crippen LogP contribution in [0.3, 0.4) is 0 Å². The Kier molecular flexibility index (Phi) is 4.73. The lowest BCUT2D eigenvalue weighted by molar-refractivity contribution is 0.152. The van der Waals surface area contributed by atoms with E-state index < -0.39 is 10.0 Å². The predicted octanol–water partition coefficient (Wildman–Crippen LogP) is 2.93. The van der Waals surface area contributed by atoms with Crippen molar-refractivity contribution in [1.29, 1.82) is 0 Å². The number of sulfonamides is 1. The van der Waals surface area contributed by atoms with Gasteiger partial charge in [0.2, 0.25) is 10.0 Å². The van der Waals surface area contributed by atoms with Gasteiger partial charge in [-0.05, 0) is 48.2 Å². The lowest BCUT2D eigenvalue weighted by Crippen LogP contribution is -2.28. The number of ether oxygens (including phenoxy) is 1. The summed E-state index contributed by atoms with van der Waals surface area (Å²) in [7, 11) is -3.49. The van der Waals surface area contributed by atoms with Gasteiger partial charge in [-0.2, -0.15) is 4.31 Å². The molecule has 0 N–H and O–H groups in total. The standard InChI is InChI=1S/C20H24N2O3S/c1-16-5-2-7-18(13-16)26(23,24)22-14-17-6-3-8-20(19(17)15-22)21-9-4-11-25-12-10-21/h2-3,5-8,13H,4,9-12,14-15H2,1H3. The van der Waals surface area contributed by atoms with Crippen molar-refractivity contribution in [2.75, 3.05) is 31.2 Å². The van der Waals surface area contributed by atoms with E-state index in [-0.39, 0.29) is 0 Å². The Hall–Kier alpha value is -1.89. The molecule has 5 nitrogen and oxygen atoms in total. The van der Waals surface area contributed by atoms with Gasteiger partial charge in [-0.25, -0.2) is 8.42 Å². The number of benzene rings is 2. The van der Waals surface area contributed by atoms with E-state index in [2.05, 4.69) is 11.0 Å². The summed E-state index contributed by atoms with van der Waals surface area (Å²) in [6.07, 6.45) is 0.995. The van der Waals surface area contributed by atoms with E-state index in [1.165, 1.54) is 0 Å². The normalized spacial score (nSPS) is 18.6. The second kappa shape index (κ2) is 7.02. The SMILES string of the molecule is Cc1cccc(S(=O)(=O)N2Cc3cccc(N4CCCOCC4)c3C2)c1. The molecular formula is C20H24N2O3S. The highest BCUT2D eigenvalue weighted by Crippen LogP contribution is 2.35. The van der Waals surface area contributed by atoms with Crippen molar-refractivity contribution in [3.05, 3.63) is 59.2 Å². The monoisotopic (exact) mass is 372 g/mol. The zero-order valence-electron chi connectivity index (χ0n) is 15.0. The zero-order chi connectivity index (χ0) is 18.1. The molecule has 1 saturated heterocycles. The number of hydrogen-bond acceptors (Lipinski definition) is 4. The van der Waals surface area contributed by atoms with E-state index in [0.29, 0.717) is 18.0 Å². The summed E-state index contributed by atoms with van der Waals surface area (Å²) in [6.45, 7) is 6.08. The molecule has 6 heteroatoms. The number of anilines is 1. The molecular weight excluding hydrogens is 348 g/mol. The second-order valence-electron chi connectivity index (χ2n) is 6.96. The highest BCUT2D eigenvalue weighted by Gasteiger charge is 2.32. The summed E-state index contributed by atoms with van der Waals surface area (Å²) in [5, 5.41) is 0. The molecule has 0 atom stereocenters. The third-order valence-corrected chi connectivity index (χ3v) is 6.91. The summed E-state index contributed by atoms with van der Waals surface area (Å²) in [5.41, 5.74) is 4.33. The first-order valence-corrected chi connectivity index (χ1v) is 10.5. The minimum absolute atomic E-state index is 0.370. The van der Waals surface area contributed by atoms with Crippen molar-refractivity contribution in [3.8, 4) is 0 Å². The van der Waals surface area contributed by atoms with Crippen LogP contribution in [0, 0.1) is 6.92 Å². The van der Waals surface area contributed by atoms with Crippen LogP contribution in [0.5, 0.6) is 0 Å². The quantitative estimate of drug-likeness (QED) is 0.831. The maximum Gasteiger partial charge on any atom is 0.243 e. The van der Waals surface area contributed by atoms with Crippen LogP contribution in [-0.2, 0) is 27.8 Å². The fourth-order valence-electron chi connectivity index (χ4n) is 3.75. The Balaban J connectivity index is 1.64. The molecule has 0 unspecified atom stereocenters. The number of nitrogens with zero attached hydrogens (tertiary/aromatic N) is 2. The molecule has 2 aromatic carbocycles. The van der Waals surface area contributed by atoms with Gasteiger partial charge in [-0.15, -0.1) is 0 Å². The van der Waals surface area contributed by atoms with Crippen LogP contribution in [0.4, 0.5) is 5.69 Å². The van der Waals surface area contributed by atoms with Crippen molar-refractivity contribution in [1.82, 2.24) is 4.31 Å². The Labute approximate surface area is 155 Å². The van der Waals surface area contributed by atoms with Crippen LogP contribution in [0.1, 0.15) is 23.1 Å². The molecule has 2 aliphatic rings. The fraction of sp³-hybridized carbons (Fsp3) is 0.400. The minimum atomic E-state index is -3.49. The van der Waals surface area contributed by atoms with Gasteiger partial charge in [-0.3, -0.25) is 0 Å². The Bertz CT molecular complexity index is 903. The highest BCUT2D eigenvalue weighted by atomic mass is 32.2. The van der Waals surface area contributed by atoms with E-state index in [9.17, 15) is 8.42 Å². The third kappa shape index (κ3) is 3.24. The lowest BCUT2D eigenvalue weighted by Gasteiger charge is -2.24. The first kappa shape index (κ1) is 17.5. The van der Waals surface area contributed by atoms with Gasteiger partial charge < -0.3 is 9.64 Å². The summed E-state index contributed by atoms with van der Waals surface area (Å²) in [6, 6.07) is 13.3. The number of hydrogen-bond donors (Lipinski definition) is 0. The van der Waals surface area contributed by atoms with Gasteiger partial charge in [0.15, 0.2) is 0 Å². The van der Waals surface area contributed by atoms with Gasteiger partial charge in [0.25, 0.3) is 0 Å². The summed E-state index contributed by atoms with van der Waals surface area (Å²) in [4.78, 5) is 2.70. The van der Waals surface area contributed by atoms with Crippen molar-refractivity contribution >= 4 is 15.7 Å². The highest BCUT2D eigenvalue weighted by molar-refractivity contribution is 7.89. The van der Waals surface area contributed by atoms with Crippen LogP contribution in [0.25, 0.3) is 0 Å². The second-order valence-corrected chi connectivity index (χ2v) is 8.90. The lowest BCUT2D eigenvalue weighted by atomic mass is 10.1. The molecule has 0 aliphatic carbocycles. The van der Waals surface area contributed by atoms with Crippen molar-refractivity contribution < 1.29 is 13.2 Å². The van der Waals surface area contributed by atoms with Gasteiger partial charge in [-0.1, -0.05) is 24.3 Å². The minimum Gasteiger partial charge on any atom is -0.380 e. The maximum absolute atomic E-state index is 13.1. The topological polar surface area (TPSA) is 49.9 Å². The Morgan fingerprint density at radius 1 is 1.00 bits per heavy atom. The molecule has 0 amide bonds. The van der Waals surface area contributed by atoms with Gasteiger partial charge in [0.05, 0.1) is 11.5 Å². The molecule has 138 valence electrons. The average molecular weight is 372 g/mol. The van der Waals surface area contributed by atoms with Gasteiger partial charge in [0, 0.05) is 38.5 Å². The molecule has 26 heavy (non-hydrogen) atoms. The summed E-state index contributed by atoms with van der Waals surface area (Å²) < 4.78 is 33.3. The maximum atomic E-state index is 13.1. The van der Waals surface area contributed by atoms with Crippen LogP contribution < -0.4 is 4.90 Å². The molecule has 0 radical (unpaired) electrons. The molecule has 2 heterocycles. The van der Waals surface area contributed by atoms with E-state index in [1.54, 1.807) is 22.5 Å². The van der Waals surface area contributed by atoms with E-state index in [1.807, 2.05) is 25.1 Å². The molecule has 2 aliphatic heterocycles.